The summed E-state index contributed by atoms with van der Waals surface area (Å²) in [6.45, 7) is 5.93. The van der Waals surface area contributed by atoms with Gasteiger partial charge in [-0.15, -0.1) is 0 Å². The van der Waals surface area contributed by atoms with E-state index in [1.807, 2.05) is 6.92 Å². The van der Waals surface area contributed by atoms with Crippen LogP contribution in [0.2, 0.25) is 0 Å². The molecule has 116 valence electrons. The van der Waals surface area contributed by atoms with E-state index in [-0.39, 0.29) is 0 Å². The number of nitrogens with one attached hydrogen (secondary N) is 1. The van der Waals surface area contributed by atoms with Crippen molar-refractivity contribution in [1.29, 1.82) is 0 Å². The van der Waals surface area contributed by atoms with Gasteiger partial charge in [0.1, 0.15) is 5.75 Å². The summed E-state index contributed by atoms with van der Waals surface area (Å²) >= 11 is 0. The summed E-state index contributed by atoms with van der Waals surface area (Å²) in [6.07, 6.45) is 10.4. The summed E-state index contributed by atoms with van der Waals surface area (Å²) in [6, 6.07) is 8.96. The Bertz CT molecular complexity index is 435. The Morgan fingerprint density at radius 2 is 1.81 bits per heavy atom. The second-order valence-electron chi connectivity index (χ2n) is 5.72. The van der Waals surface area contributed by atoms with Crippen LogP contribution in [0.1, 0.15) is 64.0 Å². The predicted molar refractivity (Wildman–Crippen MR) is 89.8 cm³/mol. The lowest BCUT2D eigenvalue weighted by molar-refractivity contribution is 0.340. The molecular weight excluding hydrogens is 258 g/mol. The van der Waals surface area contributed by atoms with Crippen LogP contribution >= 0.6 is 0 Å². The average Bonchev–Trinajstić information content (AvgIpc) is 2.47. The van der Waals surface area contributed by atoms with E-state index >= 15 is 0 Å². The summed E-state index contributed by atoms with van der Waals surface area (Å²) in [5.74, 6) is 0.961. The molecule has 1 aliphatic carbocycles. The van der Waals surface area contributed by atoms with Crippen LogP contribution < -0.4 is 10.1 Å². The lowest BCUT2D eigenvalue weighted by Gasteiger charge is -2.24. The van der Waals surface area contributed by atoms with E-state index < -0.39 is 0 Å². The highest BCUT2D eigenvalue weighted by molar-refractivity contribution is 5.33. The topological polar surface area (TPSA) is 21.3 Å². The molecule has 0 heterocycles. The van der Waals surface area contributed by atoms with Gasteiger partial charge in [0.25, 0.3) is 0 Å². The maximum Gasteiger partial charge on any atom is 0.119 e. The summed E-state index contributed by atoms with van der Waals surface area (Å²) in [5, 5.41) is 3.66. The first-order valence-corrected chi connectivity index (χ1v) is 8.50. The molecule has 0 amide bonds. The van der Waals surface area contributed by atoms with E-state index in [2.05, 4.69) is 42.6 Å². The van der Waals surface area contributed by atoms with Gasteiger partial charge in [0.2, 0.25) is 0 Å². The highest BCUT2D eigenvalue weighted by Crippen LogP contribution is 2.29. The lowest BCUT2D eigenvalue weighted by atomic mass is 9.91. The smallest absolute Gasteiger partial charge is 0.119 e. The van der Waals surface area contributed by atoms with Gasteiger partial charge in [0, 0.05) is 0 Å². The number of ether oxygens (including phenoxy) is 1. The number of rotatable bonds is 6. The molecule has 2 rings (SSSR count). The van der Waals surface area contributed by atoms with Gasteiger partial charge in [-0.05, 0) is 56.8 Å². The molecule has 0 spiro atoms. The Kier molecular flexibility index (Phi) is 6.81. The van der Waals surface area contributed by atoms with E-state index in [1.165, 1.54) is 44.1 Å². The highest BCUT2D eigenvalue weighted by atomic mass is 16.5. The van der Waals surface area contributed by atoms with Crippen molar-refractivity contribution in [2.24, 2.45) is 0 Å². The van der Waals surface area contributed by atoms with Gasteiger partial charge >= 0.3 is 0 Å². The van der Waals surface area contributed by atoms with Gasteiger partial charge in [-0.1, -0.05) is 43.5 Å². The number of likely N-dealkylation sites (N-methyl/N-ethyl adjacent to an activating group) is 1. The standard InChI is InChI=1S/C19H29NO/c1-3-20-19(16-10-8-6-5-7-9-11-16)17-12-14-18(15-13-17)21-4-2/h10,12-15,19-20H,3-9,11H2,1-2H3/b16-10+. The van der Waals surface area contributed by atoms with E-state index in [1.54, 1.807) is 5.57 Å². The van der Waals surface area contributed by atoms with Crippen molar-refractivity contribution in [1.82, 2.24) is 5.32 Å². The van der Waals surface area contributed by atoms with Crippen LogP contribution in [-0.2, 0) is 0 Å². The maximum atomic E-state index is 5.55. The van der Waals surface area contributed by atoms with Crippen LogP contribution in [0.3, 0.4) is 0 Å². The quantitative estimate of drug-likeness (QED) is 0.742. The highest BCUT2D eigenvalue weighted by Gasteiger charge is 2.16. The third-order valence-electron chi connectivity index (χ3n) is 4.13. The van der Waals surface area contributed by atoms with Crippen LogP contribution in [0.5, 0.6) is 5.75 Å². The fourth-order valence-electron chi connectivity index (χ4n) is 3.07. The molecule has 2 heteroatoms. The fraction of sp³-hybridized carbons (Fsp3) is 0.579. The summed E-state index contributed by atoms with van der Waals surface area (Å²) in [5.41, 5.74) is 2.92. The monoisotopic (exact) mass is 287 g/mol. The van der Waals surface area contributed by atoms with Crippen molar-refractivity contribution in [3.05, 3.63) is 41.5 Å². The number of hydrogen-bond acceptors (Lipinski definition) is 2. The van der Waals surface area contributed by atoms with Crippen molar-refractivity contribution >= 4 is 0 Å². The van der Waals surface area contributed by atoms with Crippen LogP contribution in [-0.4, -0.2) is 13.2 Å². The molecule has 1 aromatic carbocycles. The fourth-order valence-corrected chi connectivity index (χ4v) is 3.07. The minimum atomic E-state index is 0.365. The van der Waals surface area contributed by atoms with Gasteiger partial charge in [-0.2, -0.15) is 0 Å². The second kappa shape index (κ2) is 8.89. The van der Waals surface area contributed by atoms with Crippen LogP contribution in [0.15, 0.2) is 35.9 Å². The van der Waals surface area contributed by atoms with E-state index in [0.29, 0.717) is 6.04 Å². The average molecular weight is 287 g/mol. The molecule has 1 atom stereocenters. The zero-order chi connectivity index (χ0) is 14.9. The van der Waals surface area contributed by atoms with Crippen LogP contribution in [0, 0.1) is 0 Å². The number of benzene rings is 1. The van der Waals surface area contributed by atoms with Gasteiger partial charge in [0.05, 0.1) is 12.6 Å². The van der Waals surface area contributed by atoms with E-state index in [9.17, 15) is 0 Å². The Morgan fingerprint density at radius 3 is 2.52 bits per heavy atom. The predicted octanol–water partition coefficient (Wildman–Crippen LogP) is 5.02. The van der Waals surface area contributed by atoms with Crippen molar-refractivity contribution in [2.45, 2.75) is 58.4 Å². The third-order valence-corrected chi connectivity index (χ3v) is 4.13. The van der Waals surface area contributed by atoms with Crippen molar-refractivity contribution < 1.29 is 4.74 Å². The molecule has 1 unspecified atom stereocenters. The molecule has 0 saturated carbocycles. The molecule has 1 N–H and O–H groups in total. The SMILES string of the molecule is CCNC(/C1=C/CCCCCC1)c1ccc(OCC)cc1. The van der Waals surface area contributed by atoms with Crippen molar-refractivity contribution in [3.8, 4) is 5.75 Å². The Labute approximate surface area is 129 Å². The first kappa shape index (κ1) is 16.1. The molecular formula is C19H29NO. The largest absolute Gasteiger partial charge is 0.494 e. The molecule has 0 aliphatic heterocycles. The van der Waals surface area contributed by atoms with Gasteiger partial charge in [0.15, 0.2) is 0 Å². The number of allylic oxidation sites excluding steroid dienone is 1. The zero-order valence-corrected chi connectivity index (χ0v) is 13.5. The normalized spacial score (nSPS) is 20.0. The Balaban J connectivity index is 2.16. The third kappa shape index (κ3) is 4.89. The summed E-state index contributed by atoms with van der Waals surface area (Å²) in [4.78, 5) is 0. The Morgan fingerprint density at radius 1 is 1.05 bits per heavy atom. The van der Waals surface area contributed by atoms with Crippen LogP contribution in [0.25, 0.3) is 0 Å². The molecule has 0 aromatic heterocycles. The molecule has 0 saturated heterocycles. The molecule has 1 aliphatic rings. The first-order valence-electron chi connectivity index (χ1n) is 8.50. The molecule has 2 nitrogen and oxygen atoms in total. The second-order valence-corrected chi connectivity index (χ2v) is 5.72. The maximum absolute atomic E-state index is 5.55. The molecule has 0 fully saturated rings. The van der Waals surface area contributed by atoms with Gasteiger partial charge in [-0.25, -0.2) is 0 Å². The van der Waals surface area contributed by atoms with E-state index in [0.717, 1.165) is 18.9 Å². The minimum Gasteiger partial charge on any atom is -0.494 e. The molecule has 0 bridgehead atoms. The van der Waals surface area contributed by atoms with Crippen molar-refractivity contribution in [2.75, 3.05) is 13.2 Å². The van der Waals surface area contributed by atoms with Crippen molar-refractivity contribution in [3.63, 3.8) is 0 Å². The van der Waals surface area contributed by atoms with Gasteiger partial charge in [-0.3, -0.25) is 0 Å². The Hall–Kier alpha value is -1.28. The summed E-state index contributed by atoms with van der Waals surface area (Å²) < 4.78 is 5.55. The minimum absolute atomic E-state index is 0.365. The molecule has 1 aromatic rings. The lowest BCUT2D eigenvalue weighted by Crippen LogP contribution is -2.23. The van der Waals surface area contributed by atoms with Gasteiger partial charge < -0.3 is 10.1 Å². The van der Waals surface area contributed by atoms with E-state index in [4.69, 9.17) is 4.74 Å². The molecule has 0 radical (unpaired) electrons. The summed E-state index contributed by atoms with van der Waals surface area (Å²) in [7, 11) is 0. The first-order chi connectivity index (χ1) is 10.3. The zero-order valence-electron chi connectivity index (χ0n) is 13.5. The number of hydrogen-bond donors (Lipinski definition) is 1. The molecule has 21 heavy (non-hydrogen) atoms. The van der Waals surface area contributed by atoms with Crippen LogP contribution in [0.4, 0.5) is 0 Å².